The number of carbonyl (C=O) groups excluding carboxylic acids is 1. The predicted octanol–water partition coefficient (Wildman–Crippen LogP) is 2.35. The molecule has 0 saturated heterocycles. The molecule has 0 aliphatic heterocycles. The SMILES string of the molecule is CCOC(=O)C(C)Oc1cc(C)ccc1[C@H](C)N. The number of hydrogen-bond acceptors (Lipinski definition) is 4. The highest BCUT2D eigenvalue weighted by molar-refractivity contribution is 5.74. The molecule has 0 radical (unpaired) electrons. The number of ether oxygens (including phenoxy) is 2. The van der Waals surface area contributed by atoms with E-state index in [1.165, 1.54) is 0 Å². The first-order valence-electron chi connectivity index (χ1n) is 6.15. The van der Waals surface area contributed by atoms with Gasteiger partial charge in [-0.3, -0.25) is 0 Å². The second kappa shape index (κ2) is 6.40. The summed E-state index contributed by atoms with van der Waals surface area (Å²) in [4.78, 5) is 11.5. The van der Waals surface area contributed by atoms with Crippen molar-refractivity contribution in [2.45, 2.75) is 39.8 Å². The highest BCUT2D eigenvalue weighted by Crippen LogP contribution is 2.26. The first-order chi connectivity index (χ1) is 8.45. The fourth-order valence-electron chi connectivity index (χ4n) is 1.62. The molecule has 0 heterocycles. The Kier molecular flexibility index (Phi) is 5.16. The number of aryl methyl sites for hydroxylation is 1. The van der Waals surface area contributed by atoms with Gasteiger partial charge in [0.1, 0.15) is 5.75 Å². The minimum absolute atomic E-state index is 0.144. The first-order valence-corrected chi connectivity index (χ1v) is 6.15. The molecule has 100 valence electrons. The van der Waals surface area contributed by atoms with Crippen LogP contribution >= 0.6 is 0 Å². The number of benzene rings is 1. The van der Waals surface area contributed by atoms with Gasteiger partial charge in [-0.25, -0.2) is 4.79 Å². The Labute approximate surface area is 108 Å². The van der Waals surface area contributed by atoms with Crippen LogP contribution in [0, 0.1) is 6.92 Å². The molecular weight excluding hydrogens is 230 g/mol. The Morgan fingerprint density at radius 3 is 2.61 bits per heavy atom. The summed E-state index contributed by atoms with van der Waals surface area (Å²) < 4.78 is 10.6. The maximum Gasteiger partial charge on any atom is 0.347 e. The summed E-state index contributed by atoms with van der Waals surface area (Å²) in [5, 5.41) is 0. The van der Waals surface area contributed by atoms with Crippen LogP contribution < -0.4 is 10.5 Å². The summed E-state index contributed by atoms with van der Waals surface area (Å²) in [6, 6.07) is 5.64. The van der Waals surface area contributed by atoms with Gasteiger partial charge in [0.05, 0.1) is 6.61 Å². The normalized spacial score (nSPS) is 13.8. The van der Waals surface area contributed by atoms with Gasteiger partial charge in [-0.15, -0.1) is 0 Å². The molecule has 2 atom stereocenters. The molecule has 1 aromatic rings. The fraction of sp³-hybridized carbons (Fsp3) is 0.500. The number of nitrogens with two attached hydrogens (primary N) is 1. The molecule has 18 heavy (non-hydrogen) atoms. The molecule has 1 unspecified atom stereocenters. The molecule has 1 rings (SSSR count). The van der Waals surface area contributed by atoms with Crippen molar-refractivity contribution in [2.75, 3.05) is 6.61 Å². The topological polar surface area (TPSA) is 61.5 Å². The standard InChI is InChI=1S/C14H21NO3/c1-5-17-14(16)11(4)18-13-8-9(2)6-7-12(13)10(3)15/h6-8,10-11H,5,15H2,1-4H3/t10-,11?/m0/s1. The zero-order chi connectivity index (χ0) is 13.7. The summed E-state index contributed by atoms with van der Waals surface area (Å²) in [6.45, 7) is 7.63. The van der Waals surface area contributed by atoms with Crippen molar-refractivity contribution in [2.24, 2.45) is 5.73 Å². The lowest BCUT2D eigenvalue weighted by Gasteiger charge is -2.18. The molecule has 0 aromatic heterocycles. The Morgan fingerprint density at radius 2 is 2.06 bits per heavy atom. The van der Waals surface area contributed by atoms with Crippen molar-refractivity contribution < 1.29 is 14.3 Å². The second-order valence-electron chi connectivity index (χ2n) is 4.34. The van der Waals surface area contributed by atoms with Gasteiger partial charge in [-0.1, -0.05) is 12.1 Å². The van der Waals surface area contributed by atoms with Gasteiger partial charge in [-0.2, -0.15) is 0 Å². The van der Waals surface area contributed by atoms with Crippen LogP contribution in [0.5, 0.6) is 5.75 Å². The van der Waals surface area contributed by atoms with Crippen LogP contribution in [-0.2, 0) is 9.53 Å². The summed E-state index contributed by atoms with van der Waals surface area (Å²) in [7, 11) is 0. The van der Waals surface area contributed by atoms with Crippen molar-refractivity contribution in [1.29, 1.82) is 0 Å². The highest BCUT2D eigenvalue weighted by atomic mass is 16.6. The van der Waals surface area contributed by atoms with Gasteiger partial charge in [0.25, 0.3) is 0 Å². The van der Waals surface area contributed by atoms with Crippen LogP contribution in [0.2, 0.25) is 0 Å². The summed E-state index contributed by atoms with van der Waals surface area (Å²) in [5.74, 6) is 0.278. The van der Waals surface area contributed by atoms with Crippen molar-refractivity contribution in [3.8, 4) is 5.75 Å². The molecule has 0 saturated carbocycles. The summed E-state index contributed by atoms with van der Waals surface area (Å²) >= 11 is 0. The van der Waals surface area contributed by atoms with Gasteiger partial charge in [-0.05, 0) is 39.3 Å². The van der Waals surface area contributed by atoms with Crippen molar-refractivity contribution in [1.82, 2.24) is 0 Å². The Morgan fingerprint density at radius 1 is 1.39 bits per heavy atom. The predicted molar refractivity (Wildman–Crippen MR) is 70.5 cm³/mol. The zero-order valence-corrected chi connectivity index (χ0v) is 11.4. The maximum atomic E-state index is 11.5. The number of hydrogen-bond donors (Lipinski definition) is 1. The van der Waals surface area contributed by atoms with Crippen LogP contribution in [0.4, 0.5) is 0 Å². The van der Waals surface area contributed by atoms with E-state index >= 15 is 0 Å². The van der Waals surface area contributed by atoms with Crippen molar-refractivity contribution >= 4 is 5.97 Å². The van der Waals surface area contributed by atoms with E-state index in [1.54, 1.807) is 13.8 Å². The van der Waals surface area contributed by atoms with Crippen LogP contribution in [0.1, 0.15) is 37.9 Å². The van der Waals surface area contributed by atoms with Crippen molar-refractivity contribution in [3.05, 3.63) is 29.3 Å². The molecule has 0 aliphatic carbocycles. The van der Waals surface area contributed by atoms with Gasteiger partial charge >= 0.3 is 5.97 Å². The molecule has 0 fully saturated rings. The lowest BCUT2D eigenvalue weighted by molar-refractivity contribution is -0.150. The second-order valence-corrected chi connectivity index (χ2v) is 4.34. The fourth-order valence-corrected chi connectivity index (χ4v) is 1.62. The quantitative estimate of drug-likeness (QED) is 0.816. The third-order valence-corrected chi connectivity index (χ3v) is 2.58. The largest absolute Gasteiger partial charge is 0.479 e. The Balaban J connectivity index is 2.88. The van der Waals surface area contributed by atoms with Gasteiger partial charge in [0.2, 0.25) is 0 Å². The van der Waals surface area contributed by atoms with Gasteiger partial charge in [0.15, 0.2) is 6.10 Å². The van der Waals surface area contributed by atoms with Crippen LogP contribution in [0.3, 0.4) is 0 Å². The minimum Gasteiger partial charge on any atom is -0.479 e. The van der Waals surface area contributed by atoms with E-state index in [4.69, 9.17) is 15.2 Å². The molecule has 4 heteroatoms. The van der Waals surface area contributed by atoms with Crippen LogP contribution in [0.25, 0.3) is 0 Å². The molecule has 2 N–H and O–H groups in total. The molecule has 0 aliphatic rings. The molecule has 0 amide bonds. The van der Waals surface area contributed by atoms with E-state index in [0.717, 1.165) is 11.1 Å². The lowest BCUT2D eigenvalue weighted by atomic mass is 10.1. The molecule has 1 aromatic carbocycles. The molecule has 0 spiro atoms. The van der Waals surface area contributed by atoms with Crippen LogP contribution in [0.15, 0.2) is 18.2 Å². The number of esters is 1. The van der Waals surface area contributed by atoms with E-state index in [0.29, 0.717) is 12.4 Å². The Bertz CT molecular complexity index is 416. The third kappa shape index (κ3) is 3.74. The first kappa shape index (κ1) is 14.5. The summed E-state index contributed by atoms with van der Waals surface area (Å²) in [5.41, 5.74) is 7.83. The molecule has 4 nitrogen and oxygen atoms in total. The van der Waals surface area contributed by atoms with Crippen LogP contribution in [-0.4, -0.2) is 18.7 Å². The highest BCUT2D eigenvalue weighted by Gasteiger charge is 2.18. The zero-order valence-electron chi connectivity index (χ0n) is 11.4. The van der Waals surface area contributed by atoms with E-state index in [2.05, 4.69) is 0 Å². The average Bonchev–Trinajstić information content (AvgIpc) is 2.28. The smallest absolute Gasteiger partial charge is 0.347 e. The van der Waals surface area contributed by atoms with E-state index in [-0.39, 0.29) is 12.0 Å². The third-order valence-electron chi connectivity index (χ3n) is 2.58. The minimum atomic E-state index is -0.635. The van der Waals surface area contributed by atoms with E-state index in [1.807, 2.05) is 32.0 Å². The van der Waals surface area contributed by atoms with E-state index in [9.17, 15) is 4.79 Å². The molecule has 0 bridgehead atoms. The van der Waals surface area contributed by atoms with E-state index < -0.39 is 6.10 Å². The summed E-state index contributed by atoms with van der Waals surface area (Å²) in [6.07, 6.45) is -0.635. The number of carbonyl (C=O) groups is 1. The maximum absolute atomic E-state index is 11.5. The van der Waals surface area contributed by atoms with Gasteiger partial charge < -0.3 is 15.2 Å². The Hall–Kier alpha value is -1.55. The number of rotatable bonds is 5. The lowest BCUT2D eigenvalue weighted by Crippen LogP contribution is -2.27. The average molecular weight is 251 g/mol. The molecular formula is C14H21NO3. The van der Waals surface area contributed by atoms with Crippen molar-refractivity contribution in [3.63, 3.8) is 0 Å². The monoisotopic (exact) mass is 251 g/mol. The van der Waals surface area contributed by atoms with Gasteiger partial charge in [0, 0.05) is 11.6 Å².